The van der Waals surface area contributed by atoms with Crippen LogP contribution in [0.5, 0.6) is 23.0 Å². The molecule has 1 aromatic heterocycles. The molecule has 3 aromatic carbocycles. The number of carbonyl (C=O) groups excluding carboxylic acids is 1. The Morgan fingerprint density at radius 1 is 0.930 bits per heavy atom. The molecule has 1 saturated heterocycles. The van der Waals surface area contributed by atoms with Crippen LogP contribution in [-0.2, 0) is 0 Å². The van der Waals surface area contributed by atoms with E-state index < -0.39 is 6.09 Å². The Labute approximate surface area is 252 Å². The van der Waals surface area contributed by atoms with Crippen molar-refractivity contribution in [1.82, 2.24) is 14.9 Å². The van der Waals surface area contributed by atoms with Crippen molar-refractivity contribution in [3.8, 4) is 23.0 Å². The molecule has 0 aliphatic carbocycles. The molecule has 0 radical (unpaired) electrons. The summed E-state index contributed by atoms with van der Waals surface area (Å²) in [5.74, 6) is 2.87. The topological polar surface area (TPSA) is 98.3 Å². The van der Waals surface area contributed by atoms with Gasteiger partial charge in [0.1, 0.15) is 35.4 Å². The molecule has 5 rings (SSSR count). The van der Waals surface area contributed by atoms with Crippen LogP contribution >= 0.6 is 0 Å². The van der Waals surface area contributed by atoms with Gasteiger partial charge in [-0.25, -0.2) is 14.7 Å². The number of aryl methyl sites for hydroxylation is 2. The lowest BCUT2D eigenvalue weighted by Crippen LogP contribution is -2.31. The number of methoxy groups -OCH3 is 2. The highest BCUT2D eigenvalue weighted by atomic mass is 16.6. The first-order valence-electron chi connectivity index (χ1n) is 14.3. The predicted molar refractivity (Wildman–Crippen MR) is 167 cm³/mol. The number of carbonyl (C=O) groups is 1. The molecule has 0 atom stereocenters. The van der Waals surface area contributed by atoms with Crippen LogP contribution in [-0.4, -0.2) is 61.4 Å². The summed E-state index contributed by atoms with van der Waals surface area (Å²) in [6, 6.07) is 20.1. The number of hydrogen-bond acceptors (Lipinski definition) is 9. The first-order chi connectivity index (χ1) is 20.9. The highest BCUT2D eigenvalue weighted by Crippen LogP contribution is 2.37. The van der Waals surface area contributed by atoms with Gasteiger partial charge < -0.3 is 24.3 Å². The van der Waals surface area contributed by atoms with E-state index in [0.717, 1.165) is 42.2 Å². The molecule has 0 spiro atoms. The lowest BCUT2D eigenvalue weighted by molar-refractivity contribution is 0.209. The number of benzene rings is 3. The molecule has 2 heterocycles. The highest BCUT2D eigenvalue weighted by Gasteiger charge is 2.27. The van der Waals surface area contributed by atoms with E-state index in [2.05, 4.69) is 20.2 Å². The zero-order chi connectivity index (χ0) is 30.2. The molecule has 43 heavy (non-hydrogen) atoms. The number of hydrogen-bond donors (Lipinski definition) is 1. The fourth-order valence-corrected chi connectivity index (χ4v) is 4.97. The number of para-hydroxylation sites is 1. The van der Waals surface area contributed by atoms with Gasteiger partial charge in [-0.05, 0) is 87.3 Å². The summed E-state index contributed by atoms with van der Waals surface area (Å²) in [7, 11) is 3.09. The lowest BCUT2D eigenvalue weighted by Gasteiger charge is -2.24. The molecule has 1 N–H and O–H groups in total. The van der Waals surface area contributed by atoms with Crippen LogP contribution in [0.15, 0.2) is 72.9 Å². The van der Waals surface area contributed by atoms with Crippen LogP contribution in [0.3, 0.4) is 0 Å². The van der Waals surface area contributed by atoms with Crippen molar-refractivity contribution >= 4 is 29.2 Å². The summed E-state index contributed by atoms with van der Waals surface area (Å²) < 4.78 is 22.9. The highest BCUT2D eigenvalue weighted by molar-refractivity contribution is 5.98. The minimum absolute atomic E-state index is 0.291. The third-order valence-electron chi connectivity index (χ3n) is 7.26. The Hall–Kier alpha value is -4.83. The van der Waals surface area contributed by atoms with Gasteiger partial charge in [0.2, 0.25) is 5.95 Å². The van der Waals surface area contributed by atoms with E-state index in [1.54, 1.807) is 37.6 Å². The third-order valence-corrected chi connectivity index (χ3v) is 7.26. The second-order valence-corrected chi connectivity index (χ2v) is 10.2. The molecule has 1 aliphatic rings. The smallest absolute Gasteiger partial charge is 0.425 e. The molecule has 1 fully saturated rings. The van der Waals surface area contributed by atoms with Crippen LogP contribution < -0.4 is 29.2 Å². The van der Waals surface area contributed by atoms with Crippen LogP contribution in [0.1, 0.15) is 24.0 Å². The largest absolute Gasteiger partial charge is 0.497 e. The molecule has 1 amide bonds. The second-order valence-electron chi connectivity index (χ2n) is 10.2. The van der Waals surface area contributed by atoms with Gasteiger partial charge >= 0.3 is 6.09 Å². The number of ether oxygens (including phenoxy) is 4. The number of anilines is 4. The van der Waals surface area contributed by atoms with E-state index in [1.165, 1.54) is 24.9 Å². The molecule has 0 saturated carbocycles. The van der Waals surface area contributed by atoms with Gasteiger partial charge in [-0.2, -0.15) is 4.98 Å². The van der Waals surface area contributed by atoms with Gasteiger partial charge in [-0.15, -0.1) is 0 Å². The number of likely N-dealkylation sites (tertiary alicyclic amines) is 1. The van der Waals surface area contributed by atoms with Crippen molar-refractivity contribution < 1.29 is 23.7 Å². The standard InChI is InChI=1S/C33H37N5O5/c1-23-8-7-9-24(2)31(23)43-33(39)38(28-15-14-27(40-3)22-29(28)41-4)30-16-17-34-32(36-30)35-25-10-12-26(13-11-25)42-21-20-37-18-5-6-19-37/h7-17,22H,5-6,18-21H2,1-4H3,(H,34,35,36). The van der Waals surface area contributed by atoms with Crippen molar-refractivity contribution in [2.75, 3.05) is 50.7 Å². The zero-order valence-electron chi connectivity index (χ0n) is 25.0. The zero-order valence-corrected chi connectivity index (χ0v) is 25.0. The Morgan fingerprint density at radius 3 is 2.35 bits per heavy atom. The Kier molecular flexibility index (Phi) is 9.58. The fourth-order valence-electron chi connectivity index (χ4n) is 4.97. The van der Waals surface area contributed by atoms with E-state index in [9.17, 15) is 4.79 Å². The molecule has 224 valence electrons. The summed E-state index contributed by atoms with van der Waals surface area (Å²) in [5.41, 5.74) is 2.88. The number of aromatic nitrogens is 2. The molecule has 0 unspecified atom stereocenters. The van der Waals surface area contributed by atoms with Gasteiger partial charge in [-0.1, -0.05) is 18.2 Å². The SMILES string of the molecule is COc1ccc(N(C(=O)Oc2c(C)cccc2C)c2ccnc(Nc3ccc(OCCN4CCCC4)cc3)n2)c(OC)c1. The number of rotatable bonds is 11. The molecule has 10 heteroatoms. The van der Waals surface area contributed by atoms with Gasteiger partial charge in [-0.3, -0.25) is 4.90 Å². The van der Waals surface area contributed by atoms with Gasteiger partial charge in [0.25, 0.3) is 0 Å². The van der Waals surface area contributed by atoms with E-state index in [-0.39, 0.29) is 0 Å². The monoisotopic (exact) mass is 583 g/mol. The normalized spacial score (nSPS) is 12.9. The molecule has 1 aliphatic heterocycles. The molecular weight excluding hydrogens is 546 g/mol. The van der Waals surface area contributed by atoms with E-state index in [4.69, 9.17) is 18.9 Å². The average molecular weight is 584 g/mol. The van der Waals surface area contributed by atoms with Gasteiger partial charge in [0.15, 0.2) is 0 Å². The van der Waals surface area contributed by atoms with Crippen molar-refractivity contribution in [2.24, 2.45) is 0 Å². The second kappa shape index (κ2) is 13.9. The quantitative estimate of drug-likeness (QED) is 0.208. The Bertz CT molecular complexity index is 1520. The third kappa shape index (κ3) is 7.34. The predicted octanol–water partition coefficient (Wildman–Crippen LogP) is 6.67. The summed E-state index contributed by atoms with van der Waals surface area (Å²) in [5, 5.41) is 3.22. The number of nitrogens with zero attached hydrogens (tertiary/aromatic N) is 4. The molecule has 10 nitrogen and oxygen atoms in total. The average Bonchev–Trinajstić information content (AvgIpc) is 3.54. The maximum absolute atomic E-state index is 13.8. The summed E-state index contributed by atoms with van der Waals surface area (Å²) in [6.45, 7) is 7.67. The van der Waals surface area contributed by atoms with Crippen LogP contribution in [0.4, 0.5) is 27.9 Å². The van der Waals surface area contributed by atoms with E-state index in [1.807, 2.05) is 56.3 Å². The van der Waals surface area contributed by atoms with Crippen LogP contribution in [0.2, 0.25) is 0 Å². The van der Waals surface area contributed by atoms with E-state index in [0.29, 0.717) is 41.3 Å². The number of nitrogens with one attached hydrogen (secondary N) is 1. The summed E-state index contributed by atoms with van der Waals surface area (Å²) in [6.07, 6.45) is 3.46. The van der Waals surface area contributed by atoms with Crippen LogP contribution in [0.25, 0.3) is 0 Å². The molecular formula is C33H37N5O5. The van der Waals surface area contributed by atoms with E-state index >= 15 is 0 Å². The summed E-state index contributed by atoms with van der Waals surface area (Å²) in [4.78, 5) is 26.7. The van der Waals surface area contributed by atoms with Gasteiger partial charge in [0.05, 0.1) is 19.9 Å². The Morgan fingerprint density at radius 2 is 1.65 bits per heavy atom. The fraction of sp³-hybridized carbons (Fsp3) is 0.303. The van der Waals surface area contributed by atoms with Gasteiger partial charge in [0, 0.05) is 30.6 Å². The minimum Gasteiger partial charge on any atom is -0.497 e. The van der Waals surface area contributed by atoms with Crippen molar-refractivity contribution in [1.29, 1.82) is 0 Å². The van der Waals surface area contributed by atoms with Crippen molar-refractivity contribution in [2.45, 2.75) is 26.7 Å². The van der Waals surface area contributed by atoms with Crippen molar-refractivity contribution in [3.63, 3.8) is 0 Å². The number of amides is 1. The lowest BCUT2D eigenvalue weighted by atomic mass is 10.1. The summed E-state index contributed by atoms with van der Waals surface area (Å²) >= 11 is 0. The minimum atomic E-state index is -0.652. The van der Waals surface area contributed by atoms with Crippen LogP contribution in [0, 0.1) is 13.8 Å². The first kappa shape index (κ1) is 29.7. The Balaban J connectivity index is 1.38. The molecule has 4 aromatic rings. The maximum Gasteiger partial charge on any atom is 0.425 e. The first-order valence-corrected chi connectivity index (χ1v) is 14.3. The maximum atomic E-state index is 13.8. The van der Waals surface area contributed by atoms with Crippen molar-refractivity contribution in [3.05, 3.63) is 84.1 Å². The molecule has 0 bridgehead atoms.